The third-order valence-electron chi connectivity index (χ3n) is 5.26. The Morgan fingerprint density at radius 3 is 2.85 bits per heavy atom. The molecule has 1 aliphatic rings. The lowest BCUT2D eigenvalue weighted by molar-refractivity contribution is -0.154. The van der Waals surface area contributed by atoms with Crippen LogP contribution in [0.25, 0.3) is 11.0 Å². The third kappa shape index (κ3) is 4.26. The minimum atomic E-state index is -0.794. The molecule has 1 aliphatic carbocycles. The highest BCUT2D eigenvalue weighted by molar-refractivity contribution is 5.88. The van der Waals surface area contributed by atoms with Gasteiger partial charge in [0.1, 0.15) is 5.58 Å². The third-order valence-corrected chi connectivity index (χ3v) is 5.26. The van der Waals surface area contributed by atoms with Crippen LogP contribution < -0.4 is 5.32 Å². The molecule has 140 valence electrons. The van der Waals surface area contributed by atoms with Crippen molar-refractivity contribution in [1.82, 2.24) is 5.32 Å². The fourth-order valence-electron chi connectivity index (χ4n) is 3.61. The van der Waals surface area contributed by atoms with E-state index >= 15 is 0 Å². The van der Waals surface area contributed by atoms with Crippen molar-refractivity contribution in [1.29, 1.82) is 0 Å². The van der Waals surface area contributed by atoms with Gasteiger partial charge in [0, 0.05) is 17.0 Å². The molecule has 1 amide bonds. The van der Waals surface area contributed by atoms with Gasteiger partial charge < -0.3 is 14.5 Å². The predicted molar refractivity (Wildman–Crippen MR) is 99.8 cm³/mol. The van der Waals surface area contributed by atoms with Gasteiger partial charge in [-0.05, 0) is 44.2 Å². The van der Waals surface area contributed by atoms with Crippen LogP contribution in [-0.2, 0) is 20.7 Å². The number of esters is 1. The molecule has 3 rings (SSSR count). The van der Waals surface area contributed by atoms with Crippen molar-refractivity contribution >= 4 is 22.8 Å². The highest BCUT2D eigenvalue weighted by atomic mass is 16.5. The van der Waals surface area contributed by atoms with Crippen molar-refractivity contribution in [3.63, 3.8) is 0 Å². The summed E-state index contributed by atoms with van der Waals surface area (Å²) in [6.07, 6.45) is 5.36. The number of carbonyl (C=O) groups is 2. The summed E-state index contributed by atoms with van der Waals surface area (Å²) in [5.41, 5.74) is 2.63. The Bertz CT molecular complexity index is 794. The first-order valence-electron chi connectivity index (χ1n) is 9.40. The van der Waals surface area contributed by atoms with Crippen LogP contribution in [0.4, 0.5) is 0 Å². The molecule has 0 saturated heterocycles. The van der Waals surface area contributed by atoms with Crippen LogP contribution in [0.5, 0.6) is 0 Å². The Kier molecular flexibility index (Phi) is 5.64. The first-order valence-corrected chi connectivity index (χ1v) is 9.40. The predicted octanol–water partition coefficient (Wildman–Crippen LogP) is 3.91. The SMILES string of the molecule is Cc1ccc2c(CC(=O)O[C@@H](C)C(=O)N[C@H]3CCCC[C@@H]3C)coc2c1. The van der Waals surface area contributed by atoms with Gasteiger partial charge in [-0.25, -0.2) is 0 Å². The highest BCUT2D eigenvalue weighted by Gasteiger charge is 2.26. The lowest BCUT2D eigenvalue weighted by Gasteiger charge is -2.30. The van der Waals surface area contributed by atoms with Gasteiger partial charge in [0.05, 0.1) is 12.7 Å². The molecular formula is C21H27NO4. The molecule has 5 heteroatoms. The molecule has 1 saturated carbocycles. The molecule has 2 aromatic rings. The number of aryl methyl sites for hydroxylation is 1. The summed E-state index contributed by atoms with van der Waals surface area (Å²) in [5, 5.41) is 3.94. The van der Waals surface area contributed by atoms with E-state index in [-0.39, 0.29) is 18.4 Å². The largest absolute Gasteiger partial charge is 0.464 e. The topological polar surface area (TPSA) is 68.5 Å². The van der Waals surface area contributed by atoms with E-state index in [0.717, 1.165) is 41.4 Å². The quantitative estimate of drug-likeness (QED) is 0.824. The van der Waals surface area contributed by atoms with Gasteiger partial charge in [-0.15, -0.1) is 0 Å². The maximum atomic E-state index is 12.3. The molecule has 5 nitrogen and oxygen atoms in total. The molecule has 1 heterocycles. The van der Waals surface area contributed by atoms with E-state index < -0.39 is 12.1 Å². The van der Waals surface area contributed by atoms with Crippen LogP contribution in [0.2, 0.25) is 0 Å². The van der Waals surface area contributed by atoms with Crippen LogP contribution >= 0.6 is 0 Å². The maximum Gasteiger partial charge on any atom is 0.311 e. The van der Waals surface area contributed by atoms with Gasteiger partial charge in [0.25, 0.3) is 5.91 Å². The van der Waals surface area contributed by atoms with Crippen molar-refractivity contribution in [2.75, 3.05) is 0 Å². The monoisotopic (exact) mass is 357 g/mol. The first-order chi connectivity index (χ1) is 12.4. The number of carbonyl (C=O) groups excluding carboxylic acids is 2. The fraction of sp³-hybridized carbons (Fsp3) is 0.524. The van der Waals surface area contributed by atoms with Gasteiger partial charge in [0.15, 0.2) is 6.10 Å². The first kappa shape index (κ1) is 18.5. The van der Waals surface area contributed by atoms with Crippen LogP contribution in [0.3, 0.4) is 0 Å². The molecule has 1 aromatic heterocycles. The number of rotatable bonds is 5. The number of fused-ring (bicyclic) bond motifs is 1. The van der Waals surface area contributed by atoms with Gasteiger partial charge in [-0.3, -0.25) is 9.59 Å². The lowest BCUT2D eigenvalue weighted by Crippen LogP contribution is -2.46. The van der Waals surface area contributed by atoms with Crippen molar-refractivity contribution < 1.29 is 18.7 Å². The molecule has 1 N–H and O–H groups in total. The van der Waals surface area contributed by atoms with Gasteiger partial charge in [0.2, 0.25) is 0 Å². The van der Waals surface area contributed by atoms with Crippen LogP contribution in [0.15, 0.2) is 28.9 Å². The number of nitrogens with one attached hydrogen (secondary N) is 1. The van der Waals surface area contributed by atoms with E-state index in [1.165, 1.54) is 6.42 Å². The van der Waals surface area contributed by atoms with Crippen molar-refractivity contribution in [2.24, 2.45) is 5.92 Å². The molecule has 0 radical (unpaired) electrons. The number of hydrogen-bond acceptors (Lipinski definition) is 4. The number of ether oxygens (including phenoxy) is 1. The minimum Gasteiger partial charge on any atom is -0.464 e. The molecule has 0 bridgehead atoms. The molecule has 1 aromatic carbocycles. The van der Waals surface area contributed by atoms with Gasteiger partial charge in [-0.2, -0.15) is 0 Å². The van der Waals surface area contributed by atoms with Crippen LogP contribution in [0, 0.1) is 12.8 Å². The Hall–Kier alpha value is -2.30. The average molecular weight is 357 g/mol. The van der Waals surface area contributed by atoms with E-state index in [9.17, 15) is 9.59 Å². The van der Waals surface area contributed by atoms with E-state index in [2.05, 4.69) is 12.2 Å². The van der Waals surface area contributed by atoms with Crippen molar-refractivity contribution in [2.45, 2.75) is 65.0 Å². The molecular weight excluding hydrogens is 330 g/mol. The average Bonchev–Trinajstić information content (AvgIpc) is 2.98. The zero-order chi connectivity index (χ0) is 18.7. The lowest BCUT2D eigenvalue weighted by atomic mass is 9.86. The second-order valence-electron chi connectivity index (χ2n) is 7.45. The Morgan fingerprint density at radius 2 is 2.08 bits per heavy atom. The number of benzene rings is 1. The highest BCUT2D eigenvalue weighted by Crippen LogP contribution is 2.24. The van der Waals surface area contributed by atoms with Gasteiger partial charge in [-0.1, -0.05) is 31.9 Å². The fourth-order valence-corrected chi connectivity index (χ4v) is 3.61. The molecule has 0 unspecified atom stereocenters. The molecule has 26 heavy (non-hydrogen) atoms. The summed E-state index contributed by atoms with van der Waals surface area (Å²) < 4.78 is 10.9. The second-order valence-corrected chi connectivity index (χ2v) is 7.45. The second kappa shape index (κ2) is 7.94. The Balaban J connectivity index is 1.55. The summed E-state index contributed by atoms with van der Waals surface area (Å²) in [5.74, 6) is -0.172. The summed E-state index contributed by atoms with van der Waals surface area (Å²) >= 11 is 0. The summed E-state index contributed by atoms with van der Waals surface area (Å²) in [4.78, 5) is 24.6. The number of furan rings is 1. The summed E-state index contributed by atoms with van der Waals surface area (Å²) in [7, 11) is 0. The standard InChI is InChI=1S/C21H27NO4/c1-13-8-9-17-16(12-25-19(17)10-13)11-20(23)26-15(3)21(24)22-18-7-5-4-6-14(18)2/h8-10,12,14-15,18H,4-7,11H2,1-3H3,(H,22,24)/t14-,15-,18-/m0/s1. The Morgan fingerprint density at radius 1 is 1.31 bits per heavy atom. The van der Waals surface area contributed by atoms with Crippen molar-refractivity contribution in [3.8, 4) is 0 Å². The van der Waals surface area contributed by atoms with E-state index in [1.807, 2.05) is 25.1 Å². The van der Waals surface area contributed by atoms with E-state index in [1.54, 1.807) is 13.2 Å². The maximum absolute atomic E-state index is 12.3. The molecule has 0 aliphatic heterocycles. The molecule has 0 spiro atoms. The zero-order valence-electron chi connectivity index (χ0n) is 15.7. The zero-order valence-corrected chi connectivity index (χ0v) is 15.7. The van der Waals surface area contributed by atoms with Gasteiger partial charge >= 0.3 is 5.97 Å². The smallest absolute Gasteiger partial charge is 0.311 e. The van der Waals surface area contributed by atoms with Crippen LogP contribution in [0.1, 0.15) is 50.7 Å². The minimum absolute atomic E-state index is 0.0908. The van der Waals surface area contributed by atoms with E-state index in [4.69, 9.17) is 9.15 Å². The Labute approximate surface area is 154 Å². The molecule has 1 fully saturated rings. The summed E-state index contributed by atoms with van der Waals surface area (Å²) in [6.45, 7) is 5.77. The summed E-state index contributed by atoms with van der Waals surface area (Å²) in [6, 6.07) is 6.04. The molecule has 3 atom stereocenters. The van der Waals surface area contributed by atoms with Crippen molar-refractivity contribution in [3.05, 3.63) is 35.6 Å². The van der Waals surface area contributed by atoms with Crippen LogP contribution in [-0.4, -0.2) is 24.0 Å². The van der Waals surface area contributed by atoms with E-state index in [0.29, 0.717) is 5.92 Å². The number of hydrogen-bond donors (Lipinski definition) is 1. The number of amides is 1. The normalized spacial score (nSPS) is 21.3.